The van der Waals surface area contributed by atoms with Crippen LogP contribution in [0.3, 0.4) is 0 Å². The number of aromatic amines is 1. The molecule has 4 N–H and O–H groups in total. The van der Waals surface area contributed by atoms with Gasteiger partial charge in [0.05, 0.1) is 25.3 Å². The van der Waals surface area contributed by atoms with Gasteiger partial charge in [-0.1, -0.05) is 0 Å². The van der Waals surface area contributed by atoms with Crippen LogP contribution in [0, 0.1) is 0 Å². The van der Waals surface area contributed by atoms with E-state index in [-0.39, 0.29) is 44.6 Å². The molecule has 0 bridgehead atoms. The van der Waals surface area contributed by atoms with Crippen LogP contribution in [0.5, 0.6) is 11.5 Å². The molecule has 0 atom stereocenters. The minimum absolute atomic E-state index is 0.00320. The molecule has 0 aliphatic rings. The number of hydrogen-bond acceptors (Lipinski definition) is 6. The van der Waals surface area contributed by atoms with Crippen LogP contribution < -0.4 is 9.47 Å². The van der Waals surface area contributed by atoms with E-state index in [4.69, 9.17) is 9.47 Å². The highest BCUT2D eigenvalue weighted by Gasteiger charge is 2.26. The molecule has 0 aliphatic heterocycles. The monoisotopic (exact) mass is 360 g/mol. The Bertz CT molecular complexity index is 1100. The van der Waals surface area contributed by atoms with E-state index in [9.17, 15) is 29.7 Å². The van der Waals surface area contributed by atoms with Gasteiger partial charge in [-0.05, 0) is 12.1 Å². The van der Waals surface area contributed by atoms with Gasteiger partial charge in [0.15, 0.2) is 11.5 Å². The molecule has 3 aromatic rings. The second-order valence-corrected chi connectivity index (χ2v) is 5.23. The number of carboxylic acid groups (broad SMARTS) is 3. The van der Waals surface area contributed by atoms with Gasteiger partial charge >= 0.3 is 17.9 Å². The van der Waals surface area contributed by atoms with Gasteiger partial charge in [-0.2, -0.15) is 0 Å². The Hall–Kier alpha value is -3.82. The van der Waals surface area contributed by atoms with Crippen LogP contribution in [0.4, 0.5) is 0 Å². The van der Waals surface area contributed by atoms with Crippen molar-refractivity contribution < 1.29 is 39.2 Å². The van der Waals surface area contributed by atoms with Gasteiger partial charge in [0.1, 0.15) is 16.9 Å². The first-order chi connectivity index (χ1) is 12.3. The highest BCUT2D eigenvalue weighted by Crippen LogP contribution is 2.44. The van der Waals surface area contributed by atoms with Crippen molar-refractivity contribution in [3.05, 3.63) is 29.1 Å². The van der Waals surface area contributed by atoms with Crippen LogP contribution >= 0.6 is 0 Å². The van der Waals surface area contributed by atoms with Crippen LogP contribution in [-0.2, 0) is 0 Å². The van der Waals surface area contributed by atoms with Crippen LogP contribution in [0.2, 0.25) is 0 Å². The number of nitrogens with one attached hydrogen (secondary N) is 1. The van der Waals surface area contributed by atoms with E-state index >= 15 is 0 Å². The summed E-state index contributed by atoms with van der Waals surface area (Å²) in [5.41, 5.74) is -1.01. The number of benzene rings is 1. The van der Waals surface area contributed by atoms with Crippen molar-refractivity contribution in [2.45, 2.75) is 0 Å². The van der Waals surface area contributed by atoms with Gasteiger partial charge in [-0.3, -0.25) is 0 Å². The fourth-order valence-corrected chi connectivity index (χ4v) is 2.81. The molecule has 2 aromatic heterocycles. The van der Waals surface area contributed by atoms with Gasteiger partial charge in [-0.15, -0.1) is 0 Å². The SMILES string of the molecule is COc1c(OC)c2nc(C(=O)O)cc(C(=O)O)c2c2[nH]c(C(=O)O)cc12. The van der Waals surface area contributed by atoms with Crippen LogP contribution in [0.25, 0.3) is 21.8 Å². The lowest BCUT2D eigenvalue weighted by Crippen LogP contribution is -2.08. The van der Waals surface area contributed by atoms with E-state index < -0.39 is 23.6 Å². The minimum Gasteiger partial charge on any atom is -0.492 e. The topological polar surface area (TPSA) is 159 Å². The third-order valence-electron chi connectivity index (χ3n) is 3.84. The molecular weight excluding hydrogens is 348 g/mol. The molecule has 0 saturated carbocycles. The number of nitrogens with zero attached hydrogens (tertiary/aromatic N) is 1. The lowest BCUT2D eigenvalue weighted by molar-refractivity contribution is 0.0678. The van der Waals surface area contributed by atoms with Gasteiger partial charge in [0.25, 0.3) is 0 Å². The van der Waals surface area contributed by atoms with E-state index in [0.717, 1.165) is 6.07 Å². The molecule has 134 valence electrons. The molecule has 0 fully saturated rings. The largest absolute Gasteiger partial charge is 0.492 e. The number of aromatic nitrogens is 2. The number of carbonyl (C=O) groups is 3. The number of pyridine rings is 1. The van der Waals surface area contributed by atoms with E-state index in [0.29, 0.717) is 0 Å². The van der Waals surface area contributed by atoms with Crippen molar-refractivity contribution in [3.63, 3.8) is 0 Å². The molecule has 0 unspecified atom stereocenters. The first-order valence-corrected chi connectivity index (χ1v) is 7.11. The number of rotatable bonds is 5. The number of H-pyrrole nitrogens is 1. The first kappa shape index (κ1) is 17.0. The average molecular weight is 360 g/mol. The molecule has 0 amide bonds. The molecule has 0 aliphatic carbocycles. The Morgan fingerprint density at radius 3 is 2.12 bits per heavy atom. The number of hydrogen-bond donors (Lipinski definition) is 4. The quantitative estimate of drug-likeness (QED) is 0.532. The summed E-state index contributed by atoms with van der Waals surface area (Å²) in [6.45, 7) is 0. The molecule has 0 saturated heterocycles. The standard InChI is InChI=1S/C16H12N2O8/c1-25-12-6-4-8(16(23)24)17-10(6)9-5(14(19)20)3-7(15(21)22)18-11(9)13(12)26-2/h3-4,17H,1-2H3,(H,19,20)(H,21,22)(H,23,24). The Morgan fingerprint density at radius 2 is 1.62 bits per heavy atom. The number of fused-ring (bicyclic) bond motifs is 3. The number of aromatic carboxylic acids is 3. The third-order valence-corrected chi connectivity index (χ3v) is 3.84. The van der Waals surface area contributed by atoms with E-state index in [1.165, 1.54) is 20.3 Å². The van der Waals surface area contributed by atoms with E-state index in [1.54, 1.807) is 0 Å². The fourth-order valence-electron chi connectivity index (χ4n) is 2.81. The predicted molar refractivity (Wildman–Crippen MR) is 87.6 cm³/mol. The molecule has 0 radical (unpaired) electrons. The summed E-state index contributed by atoms with van der Waals surface area (Å²) >= 11 is 0. The Labute approximate surface area is 144 Å². The summed E-state index contributed by atoms with van der Waals surface area (Å²) in [5.74, 6) is -3.99. The molecule has 0 spiro atoms. The zero-order valence-corrected chi connectivity index (χ0v) is 13.5. The molecule has 26 heavy (non-hydrogen) atoms. The highest BCUT2D eigenvalue weighted by atomic mass is 16.5. The molecule has 10 nitrogen and oxygen atoms in total. The Balaban J connectivity index is 2.65. The van der Waals surface area contributed by atoms with Crippen molar-refractivity contribution in [2.24, 2.45) is 0 Å². The van der Waals surface area contributed by atoms with E-state index in [1.807, 2.05) is 0 Å². The second-order valence-electron chi connectivity index (χ2n) is 5.23. The van der Waals surface area contributed by atoms with Crippen molar-refractivity contribution >= 4 is 39.7 Å². The van der Waals surface area contributed by atoms with Crippen molar-refractivity contribution in [1.29, 1.82) is 0 Å². The smallest absolute Gasteiger partial charge is 0.354 e. The van der Waals surface area contributed by atoms with Crippen molar-refractivity contribution in [3.8, 4) is 11.5 Å². The molecule has 1 aromatic carbocycles. The lowest BCUT2D eigenvalue weighted by atomic mass is 10.0. The van der Waals surface area contributed by atoms with E-state index in [2.05, 4.69) is 9.97 Å². The first-order valence-electron chi connectivity index (χ1n) is 7.11. The van der Waals surface area contributed by atoms with Gasteiger partial charge in [0, 0.05) is 10.8 Å². The summed E-state index contributed by atoms with van der Waals surface area (Å²) in [7, 11) is 2.60. The maximum atomic E-state index is 11.7. The van der Waals surface area contributed by atoms with Gasteiger partial charge < -0.3 is 29.8 Å². The molecule has 10 heteroatoms. The van der Waals surface area contributed by atoms with Gasteiger partial charge in [0.2, 0.25) is 0 Å². The van der Waals surface area contributed by atoms with Crippen LogP contribution in [-0.4, -0.2) is 57.4 Å². The summed E-state index contributed by atoms with van der Waals surface area (Å²) < 4.78 is 10.5. The van der Waals surface area contributed by atoms with Crippen LogP contribution in [0.1, 0.15) is 31.3 Å². The zero-order valence-electron chi connectivity index (χ0n) is 13.5. The molecule has 2 heterocycles. The second kappa shape index (κ2) is 5.92. The fraction of sp³-hybridized carbons (Fsp3) is 0.125. The molecule has 3 rings (SSSR count). The Morgan fingerprint density at radius 1 is 0.962 bits per heavy atom. The van der Waals surface area contributed by atoms with Crippen molar-refractivity contribution in [2.75, 3.05) is 14.2 Å². The number of carboxylic acids is 3. The van der Waals surface area contributed by atoms with Gasteiger partial charge in [-0.25, -0.2) is 19.4 Å². The molecular formula is C16H12N2O8. The van der Waals surface area contributed by atoms with Crippen LogP contribution in [0.15, 0.2) is 12.1 Å². The van der Waals surface area contributed by atoms with Crippen molar-refractivity contribution in [1.82, 2.24) is 9.97 Å². The summed E-state index contributed by atoms with van der Waals surface area (Å²) in [5, 5.41) is 28.3. The zero-order chi connectivity index (χ0) is 19.2. The highest BCUT2D eigenvalue weighted by molar-refractivity contribution is 6.19. The average Bonchev–Trinajstić information content (AvgIpc) is 3.04. The summed E-state index contributed by atoms with van der Waals surface area (Å²) in [4.78, 5) is 40.9. The Kier molecular flexibility index (Phi) is 3.87. The number of ether oxygens (including phenoxy) is 2. The summed E-state index contributed by atoms with van der Waals surface area (Å²) in [6, 6.07) is 2.18. The third kappa shape index (κ3) is 2.35. The predicted octanol–water partition coefficient (Wildman–Crippen LogP) is 1.83. The normalized spacial score (nSPS) is 10.8. The maximum Gasteiger partial charge on any atom is 0.354 e. The maximum absolute atomic E-state index is 11.7. The lowest BCUT2D eigenvalue weighted by Gasteiger charge is -2.14. The minimum atomic E-state index is -1.42. The number of methoxy groups -OCH3 is 2. The summed E-state index contributed by atoms with van der Waals surface area (Å²) in [6.07, 6.45) is 0.